The van der Waals surface area contributed by atoms with E-state index in [4.69, 9.17) is 11.6 Å². The monoisotopic (exact) mass is 407 g/mol. The average Bonchev–Trinajstić information content (AvgIpc) is 3.07. The number of fused-ring (bicyclic) bond motifs is 1. The minimum atomic E-state index is -4.42. The second kappa shape index (κ2) is 6.75. The molecular weight excluding hydrogens is 399 g/mol. The molecule has 0 bridgehead atoms. The summed E-state index contributed by atoms with van der Waals surface area (Å²) in [6, 6.07) is 7.49. The maximum atomic E-state index is 12.6. The van der Waals surface area contributed by atoms with Gasteiger partial charge in [0, 0.05) is 17.8 Å². The summed E-state index contributed by atoms with van der Waals surface area (Å²) in [6.45, 7) is 0. The Morgan fingerprint density at radius 2 is 1.85 bits per heavy atom. The van der Waals surface area contributed by atoms with Crippen molar-refractivity contribution in [3.8, 4) is 11.4 Å². The standard InChI is InChI=1S/C17H9ClF3N5S/c18-15-14(24-8-27-15)12-3-2-10-11(5-6-22-16(10)26-12)25-13-4-1-9(7-23-13)17(19,20)21/h1-8H,(H,22,23,25,26). The molecule has 0 unspecified atom stereocenters. The highest BCUT2D eigenvalue weighted by Crippen LogP contribution is 2.32. The van der Waals surface area contributed by atoms with Crippen LogP contribution in [-0.2, 0) is 6.18 Å². The van der Waals surface area contributed by atoms with E-state index in [1.165, 1.54) is 17.4 Å². The minimum absolute atomic E-state index is 0.280. The lowest BCUT2D eigenvalue weighted by molar-refractivity contribution is -0.137. The van der Waals surface area contributed by atoms with Crippen LogP contribution >= 0.6 is 22.9 Å². The Hall–Kier alpha value is -2.78. The van der Waals surface area contributed by atoms with Gasteiger partial charge in [0.25, 0.3) is 0 Å². The van der Waals surface area contributed by atoms with E-state index in [0.29, 0.717) is 32.4 Å². The predicted molar refractivity (Wildman–Crippen MR) is 98.2 cm³/mol. The van der Waals surface area contributed by atoms with Gasteiger partial charge in [-0.3, -0.25) is 0 Å². The molecule has 0 aliphatic heterocycles. The van der Waals surface area contributed by atoms with E-state index in [0.717, 1.165) is 12.3 Å². The Labute approximate surface area is 159 Å². The van der Waals surface area contributed by atoms with Gasteiger partial charge in [-0.1, -0.05) is 11.6 Å². The van der Waals surface area contributed by atoms with Gasteiger partial charge in [0.2, 0.25) is 0 Å². The average molecular weight is 408 g/mol. The first kappa shape index (κ1) is 17.6. The fourth-order valence-electron chi connectivity index (χ4n) is 2.44. The van der Waals surface area contributed by atoms with Gasteiger partial charge in [-0.05, 0) is 30.3 Å². The van der Waals surface area contributed by atoms with Crippen LogP contribution in [0.5, 0.6) is 0 Å². The van der Waals surface area contributed by atoms with Gasteiger partial charge in [-0.15, -0.1) is 11.3 Å². The fraction of sp³-hybridized carbons (Fsp3) is 0.0588. The molecule has 1 N–H and O–H groups in total. The number of pyridine rings is 3. The van der Waals surface area contributed by atoms with Crippen molar-refractivity contribution in [1.29, 1.82) is 0 Å². The molecule has 0 spiro atoms. The minimum Gasteiger partial charge on any atom is -0.340 e. The van der Waals surface area contributed by atoms with E-state index < -0.39 is 11.7 Å². The van der Waals surface area contributed by atoms with Crippen LogP contribution in [0.3, 0.4) is 0 Å². The summed E-state index contributed by atoms with van der Waals surface area (Å²) in [6.07, 6.45) is -2.09. The molecule has 10 heteroatoms. The molecule has 0 saturated heterocycles. The Kier molecular flexibility index (Phi) is 4.40. The molecule has 4 heterocycles. The van der Waals surface area contributed by atoms with Crippen molar-refractivity contribution in [3.05, 3.63) is 58.1 Å². The molecule has 0 fully saturated rings. The molecule has 136 valence electrons. The maximum absolute atomic E-state index is 12.6. The van der Waals surface area contributed by atoms with Gasteiger partial charge in [-0.2, -0.15) is 13.2 Å². The zero-order valence-corrected chi connectivity index (χ0v) is 14.9. The molecule has 0 amide bonds. The van der Waals surface area contributed by atoms with Crippen molar-refractivity contribution in [1.82, 2.24) is 19.9 Å². The van der Waals surface area contributed by atoms with Crippen molar-refractivity contribution in [2.24, 2.45) is 0 Å². The van der Waals surface area contributed by atoms with E-state index in [-0.39, 0.29) is 5.82 Å². The Balaban J connectivity index is 1.67. The Bertz CT molecular complexity index is 1110. The molecule has 27 heavy (non-hydrogen) atoms. The summed E-state index contributed by atoms with van der Waals surface area (Å²) >= 11 is 7.41. The van der Waals surface area contributed by atoms with Crippen molar-refractivity contribution < 1.29 is 13.2 Å². The van der Waals surface area contributed by atoms with E-state index in [9.17, 15) is 13.2 Å². The first-order valence-corrected chi connectivity index (χ1v) is 8.83. The third-order valence-corrected chi connectivity index (χ3v) is 4.78. The lowest BCUT2D eigenvalue weighted by Crippen LogP contribution is -2.06. The summed E-state index contributed by atoms with van der Waals surface area (Å²) < 4.78 is 38.5. The van der Waals surface area contributed by atoms with Gasteiger partial charge >= 0.3 is 6.18 Å². The highest BCUT2D eigenvalue weighted by molar-refractivity contribution is 7.14. The number of rotatable bonds is 3. The zero-order valence-electron chi connectivity index (χ0n) is 13.3. The van der Waals surface area contributed by atoms with E-state index in [1.54, 1.807) is 29.9 Å². The van der Waals surface area contributed by atoms with Crippen LogP contribution in [-0.4, -0.2) is 19.9 Å². The van der Waals surface area contributed by atoms with Crippen molar-refractivity contribution in [3.63, 3.8) is 0 Å². The van der Waals surface area contributed by atoms with Crippen LogP contribution in [0.2, 0.25) is 4.34 Å². The molecule has 0 saturated carbocycles. The predicted octanol–water partition coefficient (Wildman–Crippen LogP) is 5.56. The van der Waals surface area contributed by atoms with Crippen LogP contribution in [0.15, 0.2) is 48.2 Å². The second-order valence-corrected chi connectivity index (χ2v) is 6.91. The highest BCUT2D eigenvalue weighted by atomic mass is 35.5. The highest BCUT2D eigenvalue weighted by Gasteiger charge is 2.30. The fourth-order valence-corrected chi connectivity index (χ4v) is 3.23. The van der Waals surface area contributed by atoms with Gasteiger partial charge < -0.3 is 5.32 Å². The molecular formula is C17H9ClF3N5S. The number of nitrogens with one attached hydrogen (secondary N) is 1. The number of thiazole rings is 1. The van der Waals surface area contributed by atoms with Crippen LogP contribution < -0.4 is 5.32 Å². The summed E-state index contributed by atoms with van der Waals surface area (Å²) in [5.74, 6) is 0.280. The number of anilines is 2. The number of hydrogen-bond donors (Lipinski definition) is 1. The van der Waals surface area contributed by atoms with Gasteiger partial charge in [-0.25, -0.2) is 19.9 Å². The first-order chi connectivity index (χ1) is 12.9. The molecule has 5 nitrogen and oxygen atoms in total. The smallest absolute Gasteiger partial charge is 0.340 e. The number of hydrogen-bond acceptors (Lipinski definition) is 6. The normalized spacial score (nSPS) is 11.7. The number of alkyl halides is 3. The molecule has 4 rings (SSSR count). The third-order valence-electron chi connectivity index (χ3n) is 3.72. The molecule has 0 aromatic carbocycles. The molecule has 0 atom stereocenters. The zero-order chi connectivity index (χ0) is 19.0. The van der Waals surface area contributed by atoms with Crippen LogP contribution in [0.25, 0.3) is 22.4 Å². The lowest BCUT2D eigenvalue weighted by atomic mass is 10.2. The molecule has 4 aromatic rings. The largest absolute Gasteiger partial charge is 0.417 e. The summed E-state index contributed by atoms with van der Waals surface area (Å²) in [7, 11) is 0. The van der Waals surface area contributed by atoms with E-state index in [2.05, 4.69) is 25.3 Å². The van der Waals surface area contributed by atoms with Crippen LogP contribution in [0, 0.1) is 0 Å². The van der Waals surface area contributed by atoms with Crippen molar-refractivity contribution >= 4 is 45.5 Å². The Morgan fingerprint density at radius 3 is 2.52 bits per heavy atom. The van der Waals surface area contributed by atoms with Gasteiger partial charge in [0.15, 0.2) is 5.65 Å². The topological polar surface area (TPSA) is 63.6 Å². The second-order valence-electron chi connectivity index (χ2n) is 5.46. The molecule has 0 radical (unpaired) electrons. The van der Waals surface area contributed by atoms with E-state index in [1.807, 2.05) is 0 Å². The number of aromatic nitrogens is 4. The van der Waals surface area contributed by atoms with Crippen LogP contribution in [0.1, 0.15) is 5.56 Å². The maximum Gasteiger partial charge on any atom is 0.417 e. The lowest BCUT2D eigenvalue weighted by Gasteiger charge is -2.10. The van der Waals surface area contributed by atoms with Crippen LogP contribution in [0.4, 0.5) is 24.7 Å². The van der Waals surface area contributed by atoms with Crippen molar-refractivity contribution in [2.75, 3.05) is 5.32 Å². The number of halogens is 4. The van der Waals surface area contributed by atoms with E-state index >= 15 is 0 Å². The molecule has 0 aliphatic carbocycles. The quantitative estimate of drug-likeness (QED) is 0.481. The van der Waals surface area contributed by atoms with Gasteiger partial charge in [0.1, 0.15) is 15.8 Å². The summed E-state index contributed by atoms with van der Waals surface area (Å²) in [5, 5.41) is 3.68. The van der Waals surface area contributed by atoms with Crippen molar-refractivity contribution in [2.45, 2.75) is 6.18 Å². The van der Waals surface area contributed by atoms with Gasteiger partial charge in [0.05, 0.1) is 22.5 Å². The third kappa shape index (κ3) is 3.56. The first-order valence-electron chi connectivity index (χ1n) is 7.57. The molecule has 4 aromatic heterocycles. The summed E-state index contributed by atoms with van der Waals surface area (Å²) in [4.78, 5) is 16.7. The summed E-state index contributed by atoms with van der Waals surface area (Å²) in [5.41, 5.74) is 3.06. The molecule has 0 aliphatic rings. The Morgan fingerprint density at radius 1 is 1.00 bits per heavy atom. The SMILES string of the molecule is FC(F)(F)c1ccc(Nc2ccnc3nc(-c4ncsc4Cl)ccc23)nc1. The number of nitrogens with zero attached hydrogens (tertiary/aromatic N) is 4.